The van der Waals surface area contributed by atoms with Gasteiger partial charge in [0.25, 0.3) is 15.9 Å². The van der Waals surface area contributed by atoms with E-state index in [1.807, 2.05) is 78.4 Å². The minimum atomic E-state index is -4.48. The SMILES string of the molecule is CC(C)(C)OC(=O)N1C[C@@H](CCC(Nc2cccc(S(=O)(=O)NC(=O)c3ccc(C(C)(C)C)nc3F)n2)c2ccc(C(C)(C)C)cn2)CC1(C)C. The van der Waals surface area contributed by atoms with E-state index in [1.54, 1.807) is 11.0 Å². The molecule has 4 rings (SSSR count). The maximum absolute atomic E-state index is 14.8. The Labute approximate surface area is 302 Å². The Hall–Kier alpha value is -4.13. The lowest BCUT2D eigenvalue weighted by Gasteiger charge is -2.33. The van der Waals surface area contributed by atoms with E-state index in [2.05, 4.69) is 36.1 Å². The highest BCUT2D eigenvalue weighted by Gasteiger charge is 2.43. The number of carbonyl (C=O) groups is 2. The number of anilines is 1. The van der Waals surface area contributed by atoms with Crippen molar-refractivity contribution in [3.8, 4) is 0 Å². The Morgan fingerprint density at radius 1 is 0.980 bits per heavy atom. The summed E-state index contributed by atoms with van der Waals surface area (Å²) in [5, 5.41) is 2.95. The summed E-state index contributed by atoms with van der Waals surface area (Å²) in [5.41, 5.74) is 0.192. The van der Waals surface area contributed by atoms with Crippen molar-refractivity contribution < 1.29 is 27.1 Å². The maximum Gasteiger partial charge on any atom is 0.410 e. The van der Waals surface area contributed by atoms with Crippen LogP contribution in [-0.2, 0) is 25.6 Å². The van der Waals surface area contributed by atoms with Gasteiger partial charge in [-0.3, -0.25) is 9.78 Å². The number of aromatic nitrogens is 3. The Kier molecular flexibility index (Phi) is 11.3. The highest BCUT2D eigenvalue weighted by atomic mass is 32.2. The van der Waals surface area contributed by atoms with E-state index in [-0.39, 0.29) is 34.8 Å². The molecule has 0 radical (unpaired) electrons. The van der Waals surface area contributed by atoms with Crippen LogP contribution in [0.3, 0.4) is 0 Å². The predicted octanol–water partition coefficient (Wildman–Crippen LogP) is 7.69. The first-order valence-corrected chi connectivity index (χ1v) is 18.8. The molecule has 11 nitrogen and oxygen atoms in total. The number of likely N-dealkylation sites (tertiary alicyclic amines) is 1. The second kappa shape index (κ2) is 14.5. The number of sulfonamides is 1. The second-order valence-corrected chi connectivity index (χ2v) is 18.7. The van der Waals surface area contributed by atoms with Crippen LogP contribution in [-0.4, -0.2) is 58.0 Å². The summed E-state index contributed by atoms with van der Waals surface area (Å²) in [7, 11) is -4.48. The molecule has 0 aromatic carbocycles. The van der Waals surface area contributed by atoms with Gasteiger partial charge in [0, 0.05) is 29.4 Å². The summed E-state index contributed by atoms with van der Waals surface area (Å²) in [5.74, 6) is -1.78. The van der Waals surface area contributed by atoms with Crippen molar-refractivity contribution in [1.29, 1.82) is 0 Å². The van der Waals surface area contributed by atoms with Gasteiger partial charge in [-0.2, -0.15) is 12.8 Å². The molecule has 0 bridgehead atoms. The minimum Gasteiger partial charge on any atom is -0.444 e. The highest BCUT2D eigenvalue weighted by molar-refractivity contribution is 7.90. The molecule has 0 aliphatic carbocycles. The fourth-order valence-corrected chi connectivity index (χ4v) is 6.98. The Balaban J connectivity index is 1.55. The van der Waals surface area contributed by atoms with E-state index in [1.165, 1.54) is 24.3 Å². The van der Waals surface area contributed by atoms with Gasteiger partial charge in [-0.25, -0.2) is 19.5 Å². The fraction of sp³-hybridized carbons (Fsp3) is 0.553. The van der Waals surface area contributed by atoms with Gasteiger partial charge in [0.1, 0.15) is 11.4 Å². The summed E-state index contributed by atoms with van der Waals surface area (Å²) in [6.07, 6.45) is 3.65. The van der Waals surface area contributed by atoms with Crippen molar-refractivity contribution in [3.63, 3.8) is 0 Å². The van der Waals surface area contributed by atoms with Crippen molar-refractivity contribution in [2.45, 2.75) is 128 Å². The molecule has 13 heteroatoms. The molecule has 4 heterocycles. The molecule has 3 aromatic heterocycles. The topological polar surface area (TPSA) is 143 Å². The van der Waals surface area contributed by atoms with E-state index < -0.39 is 43.5 Å². The number of carbonyl (C=O) groups excluding carboxylic acids is 2. The number of nitrogens with zero attached hydrogens (tertiary/aromatic N) is 4. The molecule has 2 atom stereocenters. The molecular weight excluding hydrogens is 672 g/mol. The van der Waals surface area contributed by atoms with Gasteiger partial charge in [0.15, 0.2) is 5.03 Å². The molecular formula is C38H53FN6O5S. The lowest BCUT2D eigenvalue weighted by molar-refractivity contribution is 0.0130. The number of hydrogen-bond acceptors (Lipinski definition) is 9. The van der Waals surface area contributed by atoms with Crippen LogP contribution >= 0.6 is 0 Å². The molecule has 1 unspecified atom stereocenters. The van der Waals surface area contributed by atoms with Crippen LogP contribution in [0, 0.1) is 11.9 Å². The third-order valence-electron chi connectivity index (χ3n) is 8.86. The van der Waals surface area contributed by atoms with Crippen LogP contribution in [0.5, 0.6) is 0 Å². The number of hydrogen-bond donors (Lipinski definition) is 2. The van der Waals surface area contributed by atoms with Gasteiger partial charge in [-0.05, 0) is 101 Å². The first kappa shape index (κ1) is 39.7. The summed E-state index contributed by atoms with van der Waals surface area (Å²) in [6.45, 7) is 22.1. The van der Waals surface area contributed by atoms with Gasteiger partial charge >= 0.3 is 6.09 Å². The third kappa shape index (κ3) is 10.2. The first-order valence-electron chi connectivity index (χ1n) is 17.3. The molecule has 51 heavy (non-hydrogen) atoms. The number of amides is 2. The average molecular weight is 725 g/mol. The van der Waals surface area contributed by atoms with Gasteiger partial charge in [-0.15, -0.1) is 0 Å². The monoisotopic (exact) mass is 724 g/mol. The van der Waals surface area contributed by atoms with Gasteiger partial charge in [0.2, 0.25) is 5.95 Å². The third-order valence-corrected chi connectivity index (χ3v) is 10.1. The molecule has 1 aliphatic heterocycles. The second-order valence-electron chi connectivity index (χ2n) is 17.1. The molecule has 2 amide bonds. The highest BCUT2D eigenvalue weighted by Crippen LogP contribution is 2.38. The summed E-state index contributed by atoms with van der Waals surface area (Å²) in [4.78, 5) is 40.7. The largest absolute Gasteiger partial charge is 0.444 e. The number of ether oxygens (including phenoxy) is 1. The molecule has 0 spiro atoms. The van der Waals surface area contributed by atoms with E-state index >= 15 is 0 Å². The van der Waals surface area contributed by atoms with Crippen LogP contribution in [0.1, 0.15) is 129 Å². The van der Waals surface area contributed by atoms with Crippen LogP contribution in [0.4, 0.5) is 15.0 Å². The summed E-state index contributed by atoms with van der Waals surface area (Å²) in [6, 6.07) is 10.8. The van der Waals surface area contributed by atoms with Crippen LogP contribution < -0.4 is 10.0 Å². The van der Waals surface area contributed by atoms with E-state index in [9.17, 15) is 22.4 Å². The molecule has 1 fully saturated rings. The zero-order chi connectivity index (χ0) is 38.2. The average Bonchev–Trinajstić information content (AvgIpc) is 3.31. The van der Waals surface area contributed by atoms with E-state index in [0.29, 0.717) is 18.7 Å². The lowest BCUT2D eigenvalue weighted by atomic mass is 9.87. The summed E-state index contributed by atoms with van der Waals surface area (Å²) < 4.78 is 49.0. The van der Waals surface area contributed by atoms with Crippen molar-refractivity contribution in [2.75, 3.05) is 11.9 Å². The van der Waals surface area contributed by atoms with E-state index in [0.717, 1.165) is 24.1 Å². The molecule has 3 aromatic rings. The maximum atomic E-state index is 14.8. The zero-order valence-corrected chi connectivity index (χ0v) is 32.5. The number of rotatable bonds is 9. The van der Waals surface area contributed by atoms with Crippen molar-refractivity contribution >= 4 is 27.8 Å². The summed E-state index contributed by atoms with van der Waals surface area (Å²) >= 11 is 0. The van der Waals surface area contributed by atoms with Gasteiger partial charge in [0.05, 0.1) is 17.3 Å². The fourth-order valence-electron chi connectivity index (χ4n) is 6.04. The van der Waals surface area contributed by atoms with Gasteiger partial charge in [-0.1, -0.05) is 53.7 Å². The quantitative estimate of drug-likeness (QED) is 0.212. The molecule has 1 saturated heterocycles. The lowest BCUT2D eigenvalue weighted by Crippen LogP contribution is -2.45. The molecule has 1 aliphatic rings. The van der Waals surface area contributed by atoms with Crippen molar-refractivity contribution in [1.82, 2.24) is 24.6 Å². The van der Waals surface area contributed by atoms with E-state index in [4.69, 9.17) is 9.72 Å². The van der Waals surface area contributed by atoms with Crippen molar-refractivity contribution in [3.05, 3.63) is 77.1 Å². The first-order chi connectivity index (χ1) is 23.4. The minimum absolute atomic E-state index is 0.0999. The Morgan fingerprint density at radius 3 is 2.24 bits per heavy atom. The Morgan fingerprint density at radius 2 is 1.67 bits per heavy atom. The van der Waals surface area contributed by atoms with Crippen LogP contribution in [0.2, 0.25) is 0 Å². The molecule has 278 valence electrons. The van der Waals surface area contributed by atoms with Gasteiger partial charge < -0.3 is 15.0 Å². The molecule has 2 N–H and O–H groups in total. The van der Waals surface area contributed by atoms with Crippen molar-refractivity contribution in [2.24, 2.45) is 5.92 Å². The smallest absolute Gasteiger partial charge is 0.410 e. The normalized spacial score (nSPS) is 17.2. The number of pyridine rings is 3. The predicted molar refractivity (Wildman–Crippen MR) is 195 cm³/mol. The van der Waals surface area contributed by atoms with Crippen LogP contribution in [0.25, 0.3) is 0 Å². The Bertz CT molecular complexity index is 1840. The van der Waals surface area contributed by atoms with Crippen LogP contribution in [0.15, 0.2) is 53.7 Å². The number of nitrogens with one attached hydrogen (secondary N) is 2. The standard InChI is InChI=1S/C38H53FN6O5S/c1-35(2,3)25-16-19-27(40-22-25)28(18-15-24-21-38(10,11)45(23-24)34(47)50-37(7,8)9)41-30-13-12-14-31(43-30)51(48,49)44-33(46)26-17-20-29(36(4,5)6)42-32(26)39/h12-14,16-17,19-20,22,24,28H,15,18,21,23H2,1-11H3,(H,41,43)(H,44,46)/t24-,28?/m0/s1. The number of halogens is 1. The molecule has 0 saturated carbocycles. The zero-order valence-electron chi connectivity index (χ0n) is 31.7.